The Kier molecular flexibility index (Phi) is 5.83. The average molecular weight is 294 g/mol. The van der Waals surface area contributed by atoms with Crippen molar-refractivity contribution in [3.63, 3.8) is 0 Å². The van der Waals surface area contributed by atoms with Crippen molar-refractivity contribution in [2.24, 2.45) is 0 Å². The first-order valence-electron chi connectivity index (χ1n) is 7.24. The summed E-state index contributed by atoms with van der Waals surface area (Å²) in [5.74, 6) is 0.619. The molecule has 1 saturated heterocycles. The number of nitrogens with one attached hydrogen (secondary N) is 1. The fourth-order valence-corrected chi connectivity index (χ4v) is 2.37. The monoisotopic (exact) mass is 294 g/mol. The van der Waals surface area contributed by atoms with E-state index >= 15 is 0 Å². The zero-order valence-corrected chi connectivity index (χ0v) is 12.2. The van der Waals surface area contributed by atoms with Gasteiger partial charge in [0, 0.05) is 26.2 Å². The third kappa shape index (κ3) is 4.34. The van der Waals surface area contributed by atoms with Crippen LogP contribution in [0.3, 0.4) is 0 Å². The number of carboxylic acid groups (broad SMARTS) is 1. The van der Waals surface area contributed by atoms with Gasteiger partial charge in [0.2, 0.25) is 0 Å². The maximum absolute atomic E-state index is 11.2. The zero-order valence-electron chi connectivity index (χ0n) is 12.2. The topological polar surface area (TPSA) is 71.0 Å². The molecule has 6 nitrogen and oxygen atoms in total. The Bertz CT molecular complexity index is 467. The number of hydrogen-bond donors (Lipinski definition) is 2. The molecule has 6 heteroatoms. The second kappa shape index (κ2) is 7.85. The predicted octanol–water partition coefficient (Wildman–Crippen LogP) is 0.823. The summed E-state index contributed by atoms with van der Waals surface area (Å²) in [7, 11) is 0. The molecule has 0 aromatic heterocycles. The van der Waals surface area contributed by atoms with Gasteiger partial charge in [0.25, 0.3) is 0 Å². The summed E-state index contributed by atoms with van der Waals surface area (Å²) in [5.41, 5.74) is 0. The zero-order chi connectivity index (χ0) is 15.1. The van der Waals surface area contributed by atoms with E-state index in [4.69, 9.17) is 9.47 Å². The van der Waals surface area contributed by atoms with E-state index in [2.05, 4.69) is 5.32 Å². The van der Waals surface area contributed by atoms with Crippen LogP contribution in [-0.2, 0) is 4.79 Å². The molecule has 1 aromatic rings. The van der Waals surface area contributed by atoms with Crippen LogP contribution in [0.25, 0.3) is 0 Å². The molecule has 1 unspecified atom stereocenters. The molecule has 0 bridgehead atoms. The van der Waals surface area contributed by atoms with E-state index in [9.17, 15) is 9.90 Å². The van der Waals surface area contributed by atoms with E-state index in [1.807, 2.05) is 36.1 Å². The highest BCUT2D eigenvalue weighted by molar-refractivity contribution is 5.73. The highest BCUT2D eigenvalue weighted by Gasteiger charge is 2.27. The van der Waals surface area contributed by atoms with E-state index in [-0.39, 0.29) is 0 Å². The third-order valence-corrected chi connectivity index (χ3v) is 3.42. The molecule has 1 aliphatic rings. The molecule has 2 rings (SSSR count). The van der Waals surface area contributed by atoms with Gasteiger partial charge in [-0.1, -0.05) is 12.1 Å². The first-order chi connectivity index (χ1) is 10.2. The lowest BCUT2D eigenvalue weighted by molar-refractivity contribution is -0.144. The molecule has 1 fully saturated rings. The van der Waals surface area contributed by atoms with Crippen LogP contribution >= 0.6 is 0 Å². The van der Waals surface area contributed by atoms with Crippen LogP contribution in [0.2, 0.25) is 0 Å². The predicted molar refractivity (Wildman–Crippen MR) is 79.0 cm³/mol. The normalized spacial score (nSPS) is 19.2. The van der Waals surface area contributed by atoms with Crippen LogP contribution in [-0.4, -0.2) is 61.4 Å². The van der Waals surface area contributed by atoms with Crippen molar-refractivity contribution < 1.29 is 19.4 Å². The van der Waals surface area contributed by atoms with Crippen molar-refractivity contribution in [1.82, 2.24) is 10.2 Å². The Morgan fingerprint density at radius 2 is 2.10 bits per heavy atom. The Balaban J connectivity index is 1.87. The number of nitrogens with zero attached hydrogens (tertiary/aromatic N) is 1. The summed E-state index contributed by atoms with van der Waals surface area (Å²) in [6.45, 7) is 5.53. The van der Waals surface area contributed by atoms with E-state index < -0.39 is 12.0 Å². The molecule has 0 amide bonds. The van der Waals surface area contributed by atoms with Crippen molar-refractivity contribution in [1.29, 1.82) is 0 Å². The van der Waals surface area contributed by atoms with Crippen molar-refractivity contribution in [2.75, 3.05) is 39.4 Å². The van der Waals surface area contributed by atoms with Gasteiger partial charge < -0.3 is 19.9 Å². The molecule has 0 spiro atoms. The number of hydrogen-bond acceptors (Lipinski definition) is 5. The van der Waals surface area contributed by atoms with Gasteiger partial charge in [0.05, 0.1) is 6.61 Å². The van der Waals surface area contributed by atoms with Crippen LogP contribution in [0, 0.1) is 0 Å². The van der Waals surface area contributed by atoms with Crippen molar-refractivity contribution in [2.45, 2.75) is 13.0 Å². The van der Waals surface area contributed by atoms with Gasteiger partial charge in [0.15, 0.2) is 11.5 Å². The number of para-hydroxylation sites is 2. The maximum atomic E-state index is 11.2. The average Bonchev–Trinajstić information content (AvgIpc) is 2.49. The summed E-state index contributed by atoms with van der Waals surface area (Å²) in [5, 5.41) is 12.3. The van der Waals surface area contributed by atoms with Crippen molar-refractivity contribution in [3.8, 4) is 11.5 Å². The number of rotatable bonds is 7. The van der Waals surface area contributed by atoms with Crippen LogP contribution in [0.4, 0.5) is 0 Å². The molecule has 0 aliphatic carbocycles. The minimum Gasteiger partial charge on any atom is -0.490 e. The first kappa shape index (κ1) is 15.6. The van der Waals surface area contributed by atoms with E-state index in [1.165, 1.54) is 0 Å². The molecule has 116 valence electrons. The first-order valence-corrected chi connectivity index (χ1v) is 7.24. The molecular weight excluding hydrogens is 272 g/mol. The second-order valence-corrected chi connectivity index (χ2v) is 4.82. The quantitative estimate of drug-likeness (QED) is 0.776. The Morgan fingerprint density at radius 3 is 2.76 bits per heavy atom. The highest BCUT2D eigenvalue weighted by atomic mass is 16.5. The van der Waals surface area contributed by atoms with Gasteiger partial charge in [-0.05, 0) is 19.1 Å². The van der Waals surface area contributed by atoms with E-state index in [0.717, 1.165) is 12.3 Å². The molecule has 0 saturated carbocycles. The number of piperazine rings is 1. The molecule has 1 aromatic carbocycles. The van der Waals surface area contributed by atoms with Gasteiger partial charge >= 0.3 is 5.97 Å². The van der Waals surface area contributed by atoms with Crippen LogP contribution in [0.1, 0.15) is 6.92 Å². The van der Waals surface area contributed by atoms with Gasteiger partial charge in [-0.15, -0.1) is 0 Å². The van der Waals surface area contributed by atoms with E-state index in [0.29, 0.717) is 38.6 Å². The smallest absolute Gasteiger partial charge is 0.322 e. The molecule has 0 radical (unpaired) electrons. The molecule has 1 aliphatic heterocycles. The van der Waals surface area contributed by atoms with Gasteiger partial charge in [-0.25, -0.2) is 0 Å². The second-order valence-electron chi connectivity index (χ2n) is 4.82. The lowest BCUT2D eigenvalue weighted by atomic mass is 10.2. The Hall–Kier alpha value is -1.79. The molecule has 2 N–H and O–H groups in total. The number of aliphatic carboxylic acids is 1. The highest BCUT2D eigenvalue weighted by Crippen LogP contribution is 2.26. The van der Waals surface area contributed by atoms with Gasteiger partial charge in [-0.3, -0.25) is 9.69 Å². The lowest BCUT2D eigenvalue weighted by Crippen LogP contribution is -2.55. The van der Waals surface area contributed by atoms with Crippen LogP contribution in [0.5, 0.6) is 11.5 Å². The standard InChI is InChI=1S/C15H22N2O4/c1-2-20-13-5-3-4-6-14(13)21-10-9-17-8-7-16-11-12(17)15(18)19/h3-6,12,16H,2,7-11H2,1H3,(H,18,19). The fraction of sp³-hybridized carbons (Fsp3) is 0.533. The summed E-state index contributed by atoms with van der Waals surface area (Å²) in [6.07, 6.45) is 0. The molecule has 21 heavy (non-hydrogen) atoms. The van der Waals surface area contributed by atoms with Gasteiger partial charge in [-0.2, -0.15) is 0 Å². The lowest BCUT2D eigenvalue weighted by Gasteiger charge is -2.33. The fourth-order valence-electron chi connectivity index (χ4n) is 2.37. The largest absolute Gasteiger partial charge is 0.490 e. The summed E-state index contributed by atoms with van der Waals surface area (Å²) >= 11 is 0. The molecule has 1 atom stereocenters. The van der Waals surface area contributed by atoms with Crippen LogP contribution < -0.4 is 14.8 Å². The number of ether oxygens (including phenoxy) is 2. The summed E-state index contributed by atoms with van der Waals surface area (Å²) in [4.78, 5) is 13.1. The number of carboxylic acids is 1. The minimum absolute atomic E-state index is 0.438. The number of benzene rings is 1. The summed E-state index contributed by atoms with van der Waals surface area (Å²) < 4.78 is 11.2. The summed E-state index contributed by atoms with van der Waals surface area (Å²) in [6, 6.07) is 7.03. The SMILES string of the molecule is CCOc1ccccc1OCCN1CCNCC1C(=O)O. The maximum Gasteiger partial charge on any atom is 0.322 e. The Labute approximate surface area is 124 Å². The van der Waals surface area contributed by atoms with E-state index in [1.54, 1.807) is 0 Å². The van der Waals surface area contributed by atoms with Crippen molar-refractivity contribution in [3.05, 3.63) is 24.3 Å². The Morgan fingerprint density at radius 1 is 1.38 bits per heavy atom. The number of carbonyl (C=O) groups is 1. The molecular formula is C15H22N2O4. The van der Waals surface area contributed by atoms with Crippen LogP contribution in [0.15, 0.2) is 24.3 Å². The molecule has 1 heterocycles. The minimum atomic E-state index is -0.795. The van der Waals surface area contributed by atoms with Crippen molar-refractivity contribution >= 4 is 5.97 Å². The third-order valence-electron chi connectivity index (χ3n) is 3.42. The van der Waals surface area contributed by atoms with Gasteiger partial charge in [0.1, 0.15) is 12.6 Å².